The fourth-order valence-electron chi connectivity index (χ4n) is 1.89. The van der Waals surface area contributed by atoms with Crippen molar-refractivity contribution in [1.29, 1.82) is 0 Å². The highest BCUT2D eigenvalue weighted by atomic mass is 127. The summed E-state index contributed by atoms with van der Waals surface area (Å²) in [5.41, 5.74) is 0.682. The summed E-state index contributed by atoms with van der Waals surface area (Å²) in [7, 11) is 0. The van der Waals surface area contributed by atoms with E-state index in [0.717, 1.165) is 32.1 Å². The third kappa shape index (κ3) is 10.4. The fourth-order valence-corrected chi connectivity index (χ4v) is 1.89. The lowest BCUT2D eigenvalue weighted by atomic mass is 10.2. The van der Waals surface area contributed by atoms with Crippen LogP contribution in [0, 0.1) is 0 Å². The molecule has 0 aliphatic rings. The maximum absolute atomic E-state index is 11.9. The van der Waals surface area contributed by atoms with Gasteiger partial charge in [0.2, 0.25) is 0 Å². The standard InChI is InChI=1S/C17H28N4O2.HI/c1-3-18-17(21-13-14-23-4-2)20-12-8-11-19-16(22)15-9-6-5-7-10-15;/h5-7,9-10H,3-4,8,11-14H2,1-2H3,(H,19,22)(H2,18,20,21);1H. The quantitative estimate of drug-likeness (QED) is 0.222. The number of hydrogen-bond acceptors (Lipinski definition) is 3. The summed E-state index contributed by atoms with van der Waals surface area (Å²) in [6.45, 7) is 8.18. The number of rotatable bonds is 10. The van der Waals surface area contributed by atoms with Crippen molar-refractivity contribution >= 4 is 35.8 Å². The Hall–Kier alpha value is -1.35. The van der Waals surface area contributed by atoms with Crippen molar-refractivity contribution in [3.8, 4) is 0 Å². The van der Waals surface area contributed by atoms with E-state index < -0.39 is 0 Å². The van der Waals surface area contributed by atoms with Crippen molar-refractivity contribution in [2.45, 2.75) is 20.3 Å². The van der Waals surface area contributed by atoms with Gasteiger partial charge in [-0.15, -0.1) is 24.0 Å². The number of carbonyl (C=O) groups excluding carboxylic acids is 1. The number of nitrogens with zero attached hydrogens (tertiary/aromatic N) is 1. The number of nitrogens with one attached hydrogen (secondary N) is 3. The number of halogens is 1. The molecular weight excluding hydrogens is 419 g/mol. The summed E-state index contributed by atoms with van der Waals surface area (Å²) in [4.78, 5) is 16.3. The molecule has 1 aromatic carbocycles. The Labute approximate surface area is 161 Å². The van der Waals surface area contributed by atoms with E-state index in [2.05, 4.69) is 20.9 Å². The summed E-state index contributed by atoms with van der Waals surface area (Å²) < 4.78 is 5.28. The first-order valence-electron chi connectivity index (χ1n) is 8.21. The van der Waals surface area contributed by atoms with Crippen LogP contribution in [0.3, 0.4) is 0 Å². The van der Waals surface area contributed by atoms with Gasteiger partial charge < -0.3 is 20.7 Å². The highest BCUT2D eigenvalue weighted by molar-refractivity contribution is 14.0. The first kappa shape index (κ1) is 22.6. The molecule has 0 saturated carbocycles. The number of aliphatic imine (C=N–C) groups is 1. The smallest absolute Gasteiger partial charge is 0.251 e. The SMILES string of the molecule is CCNC(=NCCCNC(=O)c1ccccc1)NCCOCC.I. The van der Waals surface area contributed by atoms with E-state index in [1.807, 2.05) is 32.0 Å². The lowest BCUT2D eigenvalue weighted by Gasteiger charge is -2.11. The maximum Gasteiger partial charge on any atom is 0.251 e. The predicted octanol–water partition coefficient (Wildman–Crippen LogP) is 2.02. The van der Waals surface area contributed by atoms with Crippen molar-refractivity contribution < 1.29 is 9.53 Å². The van der Waals surface area contributed by atoms with Gasteiger partial charge in [-0.05, 0) is 32.4 Å². The zero-order valence-electron chi connectivity index (χ0n) is 14.5. The van der Waals surface area contributed by atoms with Crippen LogP contribution >= 0.6 is 24.0 Å². The van der Waals surface area contributed by atoms with Crippen molar-refractivity contribution in [2.75, 3.05) is 39.4 Å². The first-order chi connectivity index (χ1) is 11.3. The van der Waals surface area contributed by atoms with Crippen molar-refractivity contribution in [1.82, 2.24) is 16.0 Å². The maximum atomic E-state index is 11.9. The van der Waals surface area contributed by atoms with E-state index in [1.165, 1.54) is 0 Å². The minimum Gasteiger partial charge on any atom is -0.380 e. The topological polar surface area (TPSA) is 74.8 Å². The van der Waals surface area contributed by atoms with Gasteiger partial charge in [-0.1, -0.05) is 18.2 Å². The van der Waals surface area contributed by atoms with Gasteiger partial charge in [-0.3, -0.25) is 9.79 Å². The van der Waals surface area contributed by atoms with E-state index >= 15 is 0 Å². The summed E-state index contributed by atoms with van der Waals surface area (Å²) in [5.74, 6) is 0.734. The molecule has 0 heterocycles. The summed E-state index contributed by atoms with van der Waals surface area (Å²) >= 11 is 0. The Bertz CT molecular complexity index is 469. The van der Waals surface area contributed by atoms with Gasteiger partial charge in [-0.2, -0.15) is 0 Å². The molecule has 24 heavy (non-hydrogen) atoms. The number of benzene rings is 1. The molecule has 0 unspecified atom stereocenters. The number of carbonyl (C=O) groups is 1. The van der Waals surface area contributed by atoms with Gasteiger partial charge in [0, 0.05) is 38.3 Å². The van der Waals surface area contributed by atoms with Crippen LogP contribution in [-0.4, -0.2) is 51.3 Å². The molecular formula is C17H29IN4O2. The number of guanidine groups is 1. The molecule has 0 bridgehead atoms. The van der Waals surface area contributed by atoms with Crippen molar-refractivity contribution in [3.05, 3.63) is 35.9 Å². The normalized spacial score (nSPS) is 10.7. The van der Waals surface area contributed by atoms with Crippen molar-refractivity contribution in [2.24, 2.45) is 4.99 Å². The molecule has 0 aliphatic carbocycles. The van der Waals surface area contributed by atoms with Crippen LogP contribution in [0.2, 0.25) is 0 Å². The third-order valence-corrected chi connectivity index (χ3v) is 3.01. The molecule has 0 spiro atoms. The summed E-state index contributed by atoms with van der Waals surface area (Å²) in [5, 5.41) is 9.28. The largest absolute Gasteiger partial charge is 0.380 e. The number of hydrogen-bond donors (Lipinski definition) is 3. The Kier molecular flexibility index (Phi) is 14.3. The van der Waals surface area contributed by atoms with Crippen LogP contribution in [0.25, 0.3) is 0 Å². The van der Waals surface area contributed by atoms with E-state index in [-0.39, 0.29) is 29.9 Å². The Balaban J connectivity index is 0.00000529. The molecule has 0 saturated heterocycles. The van der Waals surface area contributed by atoms with Crippen LogP contribution in [0.1, 0.15) is 30.6 Å². The number of ether oxygens (including phenoxy) is 1. The molecule has 0 radical (unpaired) electrons. The van der Waals surface area contributed by atoms with E-state index in [9.17, 15) is 4.79 Å². The highest BCUT2D eigenvalue weighted by Crippen LogP contribution is 1.97. The molecule has 1 aromatic rings. The first-order valence-corrected chi connectivity index (χ1v) is 8.21. The average Bonchev–Trinajstić information content (AvgIpc) is 2.58. The third-order valence-electron chi connectivity index (χ3n) is 3.01. The lowest BCUT2D eigenvalue weighted by Crippen LogP contribution is -2.39. The van der Waals surface area contributed by atoms with Crippen LogP contribution in [0.4, 0.5) is 0 Å². The lowest BCUT2D eigenvalue weighted by molar-refractivity contribution is 0.0953. The van der Waals surface area contributed by atoms with Gasteiger partial charge >= 0.3 is 0 Å². The zero-order valence-corrected chi connectivity index (χ0v) is 16.8. The Morgan fingerprint density at radius 3 is 2.50 bits per heavy atom. The Morgan fingerprint density at radius 2 is 1.83 bits per heavy atom. The number of amides is 1. The second kappa shape index (κ2) is 15.2. The molecule has 6 nitrogen and oxygen atoms in total. The highest BCUT2D eigenvalue weighted by Gasteiger charge is 2.02. The zero-order chi connectivity index (χ0) is 16.8. The molecule has 7 heteroatoms. The summed E-state index contributed by atoms with van der Waals surface area (Å²) in [6.07, 6.45) is 0.792. The monoisotopic (exact) mass is 448 g/mol. The second-order valence-corrected chi connectivity index (χ2v) is 4.86. The van der Waals surface area contributed by atoms with Crippen LogP contribution in [0.15, 0.2) is 35.3 Å². The van der Waals surface area contributed by atoms with Crippen molar-refractivity contribution in [3.63, 3.8) is 0 Å². The van der Waals surface area contributed by atoms with Gasteiger partial charge in [0.15, 0.2) is 5.96 Å². The summed E-state index contributed by atoms with van der Waals surface area (Å²) in [6, 6.07) is 9.22. The van der Waals surface area contributed by atoms with E-state index in [0.29, 0.717) is 25.3 Å². The van der Waals surface area contributed by atoms with Gasteiger partial charge in [0.1, 0.15) is 0 Å². The minimum atomic E-state index is -0.0451. The minimum absolute atomic E-state index is 0. The van der Waals surface area contributed by atoms with Crippen LogP contribution in [-0.2, 0) is 4.74 Å². The molecule has 3 N–H and O–H groups in total. The van der Waals surface area contributed by atoms with E-state index in [4.69, 9.17) is 4.74 Å². The van der Waals surface area contributed by atoms with Gasteiger partial charge in [-0.25, -0.2) is 0 Å². The molecule has 0 aromatic heterocycles. The molecule has 136 valence electrons. The van der Waals surface area contributed by atoms with Gasteiger partial charge in [0.05, 0.1) is 6.61 Å². The predicted molar refractivity (Wildman–Crippen MR) is 109 cm³/mol. The molecule has 0 aliphatic heterocycles. The molecule has 0 atom stereocenters. The van der Waals surface area contributed by atoms with Crippen LogP contribution < -0.4 is 16.0 Å². The molecule has 1 amide bonds. The fraction of sp³-hybridized carbons (Fsp3) is 0.529. The second-order valence-electron chi connectivity index (χ2n) is 4.86. The average molecular weight is 448 g/mol. The molecule has 1 rings (SSSR count). The molecule has 0 fully saturated rings. The van der Waals surface area contributed by atoms with E-state index in [1.54, 1.807) is 12.1 Å². The van der Waals surface area contributed by atoms with Gasteiger partial charge in [0.25, 0.3) is 5.91 Å². The van der Waals surface area contributed by atoms with Crippen LogP contribution in [0.5, 0.6) is 0 Å². The Morgan fingerprint density at radius 1 is 1.08 bits per heavy atom.